The Hall–Kier alpha value is -3.22. The van der Waals surface area contributed by atoms with Gasteiger partial charge in [0.05, 0.1) is 30.4 Å². The summed E-state index contributed by atoms with van der Waals surface area (Å²) in [6, 6.07) is 21.2. The Morgan fingerprint density at radius 3 is 2.06 bits per heavy atom. The maximum atomic E-state index is 13.6. The van der Waals surface area contributed by atoms with E-state index in [4.69, 9.17) is 21.1 Å². The van der Waals surface area contributed by atoms with Crippen molar-refractivity contribution in [2.24, 2.45) is 0 Å². The van der Waals surface area contributed by atoms with Crippen LogP contribution < -0.4 is 14.4 Å². The van der Waals surface area contributed by atoms with Crippen LogP contribution in [-0.2, 0) is 9.59 Å². The first kappa shape index (κ1) is 21.0. The summed E-state index contributed by atoms with van der Waals surface area (Å²) < 4.78 is 10.9. The number of anilines is 1. The van der Waals surface area contributed by atoms with Gasteiger partial charge in [0.2, 0.25) is 0 Å². The fourth-order valence-electron chi connectivity index (χ4n) is 3.35. The number of carbonyl (C=O) groups excluding carboxylic acids is 2. The number of thioether (sulfide) groups is 1. The van der Waals surface area contributed by atoms with E-state index in [0.717, 1.165) is 9.80 Å². The van der Waals surface area contributed by atoms with Gasteiger partial charge in [0.15, 0.2) is 0 Å². The van der Waals surface area contributed by atoms with Crippen LogP contribution in [0.2, 0.25) is 5.02 Å². The molecule has 0 bridgehead atoms. The van der Waals surface area contributed by atoms with E-state index in [2.05, 4.69) is 0 Å². The molecule has 0 saturated carbocycles. The number of nitrogens with zero attached hydrogens (tertiary/aromatic N) is 1. The van der Waals surface area contributed by atoms with Gasteiger partial charge in [-0.2, -0.15) is 0 Å². The van der Waals surface area contributed by atoms with Gasteiger partial charge < -0.3 is 9.47 Å². The third-order valence-electron chi connectivity index (χ3n) is 4.78. The number of hydrogen-bond donors (Lipinski definition) is 0. The van der Waals surface area contributed by atoms with Gasteiger partial charge in [0, 0.05) is 15.5 Å². The number of hydrogen-bond acceptors (Lipinski definition) is 5. The Morgan fingerprint density at radius 2 is 1.39 bits per heavy atom. The van der Waals surface area contributed by atoms with E-state index in [9.17, 15) is 9.59 Å². The van der Waals surface area contributed by atoms with Crippen LogP contribution in [0.1, 0.15) is 5.56 Å². The second-order valence-electron chi connectivity index (χ2n) is 6.58. The Morgan fingerprint density at radius 1 is 0.774 bits per heavy atom. The highest BCUT2D eigenvalue weighted by molar-refractivity contribution is 8.04. The molecule has 156 valence electrons. The van der Waals surface area contributed by atoms with Crippen molar-refractivity contribution in [1.82, 2.24) is 0 Å². The van der Waals surface area contributed by atoms with Gasteiger partial charge >= 0.3 is 0 Å². The van der Waals surface area contributed by atoms with E-state index in [-0.39, 0.29) is 5.57 Å². The lowest BCUT2D eigenvalue weighted by Gasteiger charge is -2.18. The summed E-state index contributed by atoms with van der Waals surface area (Å²) in [6.07, 6.45) is 0. The second kappa shape index (κ2) is 8.88. The van der Waals surface area contributed by atoms with Crippen LogP contribution in [0.25, 0.3) is 5.57 Å². The number of methoxy groups -OCH3 is 2. The molecular weight excluding hydrogens is 434 g/mol. The Kier molecular flexibility index (Phi) is 6.02. The standard InChI is InChI=1S/C24H18ClNO4S/c1-29-19-9-5-3-7-17(19)21-22(31-16-13-11-15(25)12-14-16)24(28)26(23(21)27)18-8-4-6-10-20(18)30-2/h3-14H,1-2H3. The number of amides is 2. The molecule has 1 heterocycles. The number of ether oxygens (including phenoxy) is 2. The third kappa shape index (κ3) is 3.92. The van der Waals surface area contributed by atoms with Crippen LogP contribution in [-0.4, -0.2) is 26.0 Å². The monoisotopic (exact) mass is 451 g/mol. The highest BCUT2D eigenvalue weighted by atomic mass is 35.5. The minimum absolute atomic E-state index is 0.285. The lowest BCUT2D eigenvalue weighted by atomic mass is 10.0. The first-order valence-corrected chi connectivity index (χ1v) is 10.6. The largest absolute Gasteiger partial charge is 0.496 e. The summed E-state index contributed by atoms with van der Waals surface area (Å²) in [4.78, 5) is 29.4. The van der Waals surface area contributed by atoms with Crippen LogP contribution in [0.5, 0.6) is 11.5 Å². The first-order chi connectivity index (χ1) is 15.0. The summed E-state index contributed by atoms with van der Waals surface area (Å²) in [6.45, 7) is 0. The molecule has 0 aromatic heterocycles. The van der Waals surface area contributed by atoms with Crippen molar-refractivity contribution in [3.63, 3.8) is 0 Å². The van der Waals surface area contributed by atoms with Crippen molar-refractivity contribution in [3.05, 3.63) is 88.3 Å². The summed E-state index contributed by atoms with van der Waals surface area (Å²) in [7, 11) is 3.03. The van der Waals surface area contributed by atoms with Crippen molar-refractivity contribution in [2.45, 2.75) is 4.90 Å². The van der Waals surface area contributed by atoms with E-state index in [1.807, 2.05) is 18.2 Å². The first-order valence-electron chi connectivity index (χ1n) is 9.38. The molecular formula is C24H18ClNO4S. The molecule has 1 aliphatic heterocycles. The molecule has 3 aromatic rings. The Bertz CT molecular complexity index is 1190. The molecule has 0 fully saturated rings. The van der Waals surface area contributed by atoms with Gasteiger partial charge in [0.25, 0.3) is 11.8 Å². The number of rotatable bonds is 6. The molecule has 0 N–H and O–H groups in total. The number of carbonyl (C=O) groups is 2. The number of halogens is 1. The van der Waals surface area contributed by atoms with E-state index in [1.165, 1.54) is 26.0 Å². The molecule has 7 heteroatoms. The van der Waals surface area contributed by atoms with Crippen molar-refractivity contribution < 1.29 is 19.1 Å². The van der Waals surface area contributed by atoms with Crippen LogP contribution in [0, 0.1) is 0 Å². The highest BCUT2D eigenvalue weighted by Crippen LogP contribution is 2.45. The molecule has 5 nitrogen and oxygen atoms in total. The molecule has 0 aliphatic carbocycles. The van der Waals surface area contributed by atoms with Gasteiger partial charge in [-0.05, 0) is 42.5 Å². The van der Waals surface area contributed by atoms with Gasteiger partial charge in [-0.25, -0.2) is 4.90 Å². The smallest absolute Gasteiger partial charge is 0.273 e. The molecule has 0 unspecified atom stereocenters. The zero-order chi connectivity index (χ0) is 22.0. The number of para-hydroxylation sites is 3. The van der Waals surface area contributed by atoms with Crippen LogP contribution in [0.3, 0.4) is 0 Å². The van der Waals surface area contributed by atoms with Gasteiger partial charge in [0.1, 0.15) is 11.5 Å². The number of imide groups is 1. The summed E-state index contributed by atoms with van der Waals surface area (Å²) in [5.41, 5.74) is 1.23. The summed E-state index contributed by atoms with van der Waals surface area (Å²) in [5.74, 6) is 0.0851. The van der Waals surface area contributed by atoms with Crippen LogP contribution >= 0.6 is 23.4 Å². The number of benzene rings is 3. The second-order valence-corrected chi connectivity index (χ2v) is 8.10. The molecule has 31 heavy (non-hydrogen) atoms. The molecule has 3 aromatic carbocycles. The van der Waals surface area contributed by atoms with Crippen LogP contribution in [0.15, 0.2) is 82.6 Å². The SMILES string of the molecule is COc1ccccc1C1=C(Sc2ccc(Cl)cc2)C(=O)N(c2ccccc2OC)C1=O. The zero-order valence-corrected chi connectivity index (χ0v) is 18.4. The molecule has 4 rings (SSSR count). The maximum absolute atomic E-state index is 13.6. The molecule has 0 saturated heterocycles. The normalized spacial score (nSPS) is 13.7. The summed E-state index contributed by atoms with van der Waals surface area (Å²) in [5, 5.41) is 0.591. The van der Waals surface area contributed by atoms with E-state index >= 15 is 0 Å². The lowest BCUT2D eigenvalue weighted by Crippen LogP contribution is -2.31. The zero-order valence-electron chi connectivity index (χ0n) is 16.8. The van der Waals surface area contributed by atoms with Gasteiger partial charge in [-0.3, -0.25) is 9.59 Å². The minimum atomic E-state index is -0.435. The van der Waals surface area contributed by atoms with E-state index in [0.29, 0.717) is 32.7 Å². The quantitative estimate of drug-likeness (QED) is 0.467. The van der Waals surface area contributed by atoms with Crippen molar-refractivity contribution in [3.8, 4) is 11.5 Å². The lowest BCUT2D eigenvalue weighted by molar-refractivity contribution is -0.119. The Labute approximate surface area is 189 Å². The molecule has 0 radical (unpaired) electrons. The van der Waals surface area contributed by atoms with Gasteiger partial charge in [-0.1, -0.05) is 53.7 Å². The van der Waals surface area contributed by atoms with E-state index < -0.39 is 11.8 Å². The van der Waals surface area contributed by atoms with Crippen molar-refractivity contribution in [1.29, 1.82) is 0 Å². The third-order valence-corrected chi connectivity index (χ3v) is 6.12. The van der Waals surface area contributed by atoms with Crippen molar-refractivity contribution >= 4 is 46.4 Å². The topological polar surface area (TPSA) is 55.8 Å². The molecule has 0 atom stereocenters. The average molecular weight is 452 g/mol. The Balaban J connectivity index is 1.88. The van der Waals surface area contributed by atoms with Crippen LogP contribution in [0.4, 0.5) is 5.69 Å². The van der Waals surface area contributed by atoms with Gasteiger partial charge in [-0.15, -0.1) is 0 Å². The van der Waals surface area contributed by atoms with E-state index in [1.54, 1.807) is 54.6 Å². The fourth-order valence-corrected chi connectivity index (χ4v) is 4.46. The molecule has 1 aliphatic rings. The maximum Gasteiger partial charge on any atom is 0.273 e. The molecule has 0 spiro atoms. The predicted octanol–water partition coefficient (Wildman–Crippen LogP) is 5.43. The minimum Gasteiger partial charge on any atom is -0.496 e. The van der Waals surface area contributed by atoms with Crippen molar-refractivity contribution in [2.75, 3.05) is 19.1 Å². The highest BCUT2D eigenvalue weighted by Gasteiger charge is 2.42. The summed E-state index contributed by atoms with van der Waals surface area (Å²) >= 11 is 7.22. The predicted molar refractivity (Wildman–Crippen MR) is 123 cm³/mol. The molecule has 2 amide bonds. The fraction of sp³-hybridized carbons (Fsp3) is 0.0833. The average Bonchev–Trinajstić information content (AvgIpc) is 3.04.